The first kappa shape index (κ1) is 16.5. The summed E-state index contributed by atoms with van der Waals surface area (Å²) in [4.78, 5) is 23.0. The number of carboxylic acid groups (broad SMARTS) is 1. The van der Waals surface area contributed by atoms with Crippen molar-refractivity contribution in [1.29, 1.82) is 0 Å². The molecular formula is C14H19ClN2O3. The van der Waals surface area contributed by atoms with Gasteiger partial charge in [0.25, 0.3) is 0 Å². The molecular weight excluding hydrogens is 280 g/mol. The zero-order valence-corrected chi connectivity index (χ0v) is 12.1. The molecule has 20 heavy (non-hydrogen) atoms. The van der Waals surface area contributed by atoms with Gasteiger partial charge in [-0.2, -0.15) is 0 Å². The van der Waals surface area contributed by atoms with E-state index in [0.29, 0.717) is 25.3 Å². The summed E-state index contributed by atoms with van der Waals surface area (Å²) in [5.74, 6) is -1.02. The third-order valence-electron chi connectivity index (χ3n) is 3.03. The molecule has 1 rings (SSSR count). The zero-order chi connectivity index (χ0) is 15.1. The van der Waals surface area contributed by atoms with E-state index < -0.39 is 5.97 Å². The highest BCUT2D eigenvalue weighted by Gasteiger charge is 2.16. The van der Waals surface area contributed by atoms with Gasteiger partial charge in [-0.05, 0) is 37.4 Å². The van der Waals surface area contributed by atoms with Crippen LogP contribution in [0.1, 0.15) is 36.5 Å². The van der Waals surface area contributed by atoms with Crippen LogP contribution in [0.3, 0.4) is 0 Å². The fraction of sp³-hybridized carbons (Fsp3) is 0.429. The normalized spacial score (nSPS) is 11.9. The second-order valence-electron chi connectivity index (χ2n) is 4.74. The van der Waals surface area contributed by atoms with Crippen LogP contribution in [0.5, 0.6) is 0 Å². The third kappa shape index (κ3) is 4.83. The Bertz CT molecular complexity index is 491. The average molecular weight is 299 g/mol. The Morgan fingerprint density at radius 2 is 2.10 bits per heavy atom. The number of carbonyl (C=O) groups excluding carboxylic acids is 1. The summed E-state index contributed by atoms with van der Waals surface area (Å²) in [6.45, 7) is 2.63. The lowest BCUT2D eigenvalue weighted by Gasteiger charge is -2.12. The standard InChI is InChI=1S/C14H19ClN2O3/c1-9(7-8-16)5-6-12(18)17-11-4-2-3-10(15)13(11)14(19)20/h2-4,9H,5-8,16H2,1H3,(H,17,18)(H,19,20). The van der Waals surface area contributed by atoms with Crippen molar-refractivity contribution in [2.24, 2.45) is 11.7 Å². The largest absolute Gasteiger partial charge is 0.478 e. The molecule has 0 aliphatic carbocycles. The molecule has 0 spiro atoms. The van der Waals surface area contributed by atoms with E-state index in [1.54, 1.807) is 6.07 Å². The van der Waals surface area contributed by atoms with Crippen molar-refractivity contribution in [3.63, 3.8) is 0 Å². The number of carbonyl (C=O) groups is 2. The van der Waals surface area contributed by atoms with Gasteiger partial charge < -0.3 is 16.2 Å². The molecule has 1 amide bonds. The molecule has 0 radical (unpaired) electrons. The van der Waals surface area contributed by atoms with E-state index in [-0.39, 0.29) is 22.2 Å². The van der Waals surface area contributed by atoms with Crippen molar-refractivity contribution in [2.45, 2.75) is 26.2 Å². The maximum absolute atomic E-state index is 11.8. The van der Waals surface area contributed by atoms with Crippen LogP contribution >= 0.6 is 11.6 Å². The number of hydrogen-bond acceptors (Lipinski definition) is 3. The van der Waals surface area contributed by atoms with Gasteiger partial charge in [0.1, 0.15) is 5.56 Å². The molecule has 1 aromatic rings. The number of rotatable bonds is 7. The van der Waals surface area contributed by atoms with E-state index >= 15 is 0 Å². The van der Waals surface area contributed by atoms with E-state index in [4.69, 9.17) is 22.4 Å². The molecule has 110 valence electrons. The number of amides is 1. The number of benzene rings is 1. The van der Waals surface area contributed by atoms with Crippen molar-refractivity contribution in [3.8, 4) is 0 Å². The molecule has 0 heterocycles. The Hall–Kier alpha value is -1.59. The Morgan fingerprint density at radius 3 is 2.70 bits per heavy atom. The van der Waals surface area contributed by atoms with Crippen molar-refractivity contribution >= 4 is 29.2 Å². The van der Waals surface area contributed by atoms with Gasteiger partial charge >= 0.3 is 5.97 Å². The summed E-state index contributed by atoms with van der Waals surface area (Å²) >= 11 is 5.83. The topological polar surface area (TPSA) is 92.4 Å². The van der Waals surface area contributed by atoms with Crippen molar-refractivity contribution in [3.05, 3.63) is 28.8 Å². The third-order valence-corrected chi connectivity index (χ3v) is 3.34. The van der Waals surface area contributed by atoms with E-state index in [1.807, 2.05) is 6.92 Å². The smallest absolute Gasteiger partial charge is 0.339 e. The molecule has 1 unspecified atom stereocenters. The molecule has 0 bridgehead atoms. The molecule has 0 saturated carbocycles. The molecule has 4 N–H and O–H groups in total. The number of aromatic carboxylic acids is 1. The number of nitrogens with one attached hydrogen (secondary N) is 1. The summed E-state index contributed by atoms with van der Waals surface area (Å²) in [6.07, 6.45) is 1.91. The minimum Gasteiger partial charge on any atom is -0.478 e. The molecule has 1 atom stereocenters. The monoisotopic (exact) mass is 298 g/mol. The maximum atomic E-state index is 11.8. The van der Waals surface area contributed by atoms with Crippen molar-refractivity contribution in [2.75, 3.05) is 11.9 Å². The second kappa shape index (κ2) is 7.87. The number of halogens is 1. The van der Waals surface area contributed by atoms with Crippen molar-refractivity contribution in [1.82, 2.24) is 0 Å². The Kier molecular flexibility index (Phi) is 6.48. The molecule has 0 aliphatic heterocycles. The highest BCUT2D eigenvalue weighted by Crippen LogP contribution is 2.24. The van der Waals surface area contributed by atoms with Crippen LogP contribution in [0.2, 0.25) is 5.02 Å². The number of carboxylic acids is 1. The van der Waals surface area contributed by atoms with Gasteiger partial charge in [0, 0.05) is 6.42 Å². The molecule has 0 aromatic heterocycles. The van der Waals surface area contributed by atoms with Gasteiger partial charge in [0.05, 0.1) is 10.7 Å². The Labute approximate surface area is 123 Å². The molecule has 5 nitrogen and oxygen atoms in total. The summed E-state index contributed by atoms with van der Waals surface area (Å²) in [5.41, 5.74) is 5.59. The summed E-state index contributed by atoms with van der Waals surface area (Å²) in [6, 6.07) is 4.60. The second-order valence-corrected chi connectivity index (χ2v) is 5.14. The Morgan fingerprint density at radius 1 is 1.40 bits per heavy atom. The van der Waals surface area contributed by atoms with Gasteiger partial charge in [-0.25, -0.2) is 4.79 Å². The van der Waals surface area contributed by atoms with Gasteiger partial charge in [0.2, 0.25) is 5.91 Å². The van der Waals surface area contributed by atoms with Crippen LogP contribution in [0.15, 0.2) is 18.2 Å². The molecule has 0 saturated heterocycles. The van der Waals surface area contributed by atoms with Crippen LogP contribution in [0.25, 0.3) is 0 Å². The fourth-order valence-corrected chi connectivity index (χ4v) is 2.12. The first-order valence-electron chi connectivity index (χ1n) is 6.47. The number of nitrogens with two attached hydrogens (primary N) is 1. The number of hydrogen-bond donors (Lipinski definition) is 3. The Balaban J connectivity index is 2.67. The van der Waals surface area contributed by atoms with Gasteiger partial charge in [-0.1, -0.05) is 24.6 Å². The highest BCUT2D eigenvalue weighted by molar-refractivity contribution is 6.34. The van der Waals surface area contributed by atoms with E-state index in [9.17, 15) is 9.59 Å². The summed E-state index contributed by atoms with van der Waals surface area (Å²) < 4.78 is 0. The predicted molar refractivity (Wildman–Crippen MR) is 79.1 cm³/mol. The fourth-order valence-electron chi connectivity index (χ4n) is 1.86. The minimum absolute atomic E-state index is 0.0856. The van der Waals surface area contributed by atoms with Crippen LogP contribution in [-0.2, 0) is 4.79 Å². The summed E-state index contributed by atoms with van der Waals surface area (Å²) in [7, 11) is 0. The predicted octanol–water partition coefficient (Wildman–Crippen LogP) is 2.74. The number of anilines is 1. The quantitative estimate of drug-likeness (QED) is 0.721. The van der Waals surface area contributed by atoms with Gasteiger partial charge in [-0.3, -0.25) is 4.79 Å². The molecule has 1 aromatic carbocycles. The van der Waals surface area contributed by atoms with Gasteiger partial charge in [-0.15, -0.1) is 0 Å². The lowest BCUT2D eigenvalue weighted by Crippen LogP contribution is -2.16. The van der Waals surface area contributed by atoms with E-state index in [2.05, 4.69) is 5.32 Å². The van der Waals surface area contributed by atoms with Crippen LogP contribution in [-0.4, -0.2) is 23.5 Å². The zero-order valence-electron chi connectivity index (χ0n) is 11.4. The highest BCUT2D eigenvalue weighted by atomic mass is 35.5. The first-order valence-corrected chi connectivity index (χ1v) is 6.85. The van der Waals surface area contributed by atoms with Crippen LogP contribution < -0.4 is 11.1 Å². The van der Waals surface area contributed by atoms with Crippen molar-refractivity contribution < 1.29 is 14.7 Å². The molecule has 6 heteroatoms. The lowest BCUT2D eigenvalue weighted by atomic mass is 10.0. The van der Waals surface area contributed by atoms with Gasteiger partial charge in [0.15, 0.2) is 0 Å². The van der Waals surface area contributed by atoms with Crippen LogP contribution in [0, 0.1) is 5.92 Å². The minimum atomic E-state index is -1.16. The molecule has 0 fully saturated rings. The first-order chi connectivity index (χ1) is 9.45. The SMILES string of the molecule is CC(CCN)CCC(=O)Nc1cccc(Cl)c1C(=O)O. The van der Waals surface area contributed by atoms with E-state index in [0.717, 1.165) is 6.42 Å². The van der Waals surface area contributed by atoms with Crippen LogP contribution in [0.4, 0.5) is 5.69 Å². The molecule has 0 aliphatic rings. The van der Waals surface area contributed by atoms with E-state index in [1.165, 1.54) is 12.1 Å². The average Bonchev–Trinajstić information content (AvgIpc) is 2.36. The summed E-state index contributed by atoms with van der Waals surface area (Å²) in [5, 5.41) is 11.8. The maximum Gasteiger partial charge on any atom is 0.339 e. The lowest BCUT2D eigenvalue weighted by molar-refractivity contribution is -0.116.